The molecule has 1 N–H and O–H groups in total. The Morgan fingerprint density at radius 3 is 2.67 bits per heavy atom. The second-order valence-corrected chi connectivity index (χ2v) is 4.08. The minimum Gasteiger partial charge on any atom is -0.305 e. The van der Waals surface area contributed by atoms with Gasteiger partial charge in [0.2, 0.25) is 0 Å². The van der Waals surface area contributed by atoms with Crippen molar-refractivity contribution in [1.82, 2.24) is 9.97 Å². The molecule has 0 bridgehead atoms. The Kier molecular flexibility index (Phi) is 3.53. The third-order valence-electron chi connectivity index (χ3n) is 2.17. The van der Waals surface area contributed by atoms with Crippen molar-refractivity contribution in [3.05, 3.63) is 52.7 Å². The van der Waals surface area contributed by atoms with Crippen LogP contribution in [-0.2, 0) is 0 Å². The van der Waals surface area contributed by atoms with Gasteiger partial charge in [-0.3, -0.25) is 4.79 Å². The van der Waals surface area contributed by atoms with Crippen molar-refractivity contribution in [2.75, 3.05) is 5.32 Å². The molecule has 1 heterocycles. The van der Waals surface area contributed by atoms with Crippen molar-refractivity contribution >= 4 is 23.3 Å². The van der Waals surface area contributed by atoms with Crippen LogP contribution in [0.2, 0.25) is 5.15 Å². The van der Waals surface area contributed by atoms with Crippen LogP contribution in [0, 0.1) is 12.7 Å². The van der Waals surface area contributed by atoms with Gasteiger partial charge in [-0.15, -0.1) is 0 Å². The van der Waals surface area contributed by atoms with Crippen molar-refractivity contribution in [2.24, 2.45) is 0 Å². The molecule has 0 radical (unpaired) electrons. The zero-order valence-electron chi connectivity index (χ0n) is 9.45. The first-order valence-electron chi connectivity index (χ1n) is 5.11. The molecule has 0 atom stereocenters. The average molecular weight is 266 g/mol. The van der Waals surface area contributed by atoms with E-state index in [2.05, 4.69) is 15.3 Å². The lowest BCUT2D eigenvalue weighted by atomic mass is 10.1. The summed E-state index contributed by atoms with van der Waals surface area (Å²) in [6.07, 6.45) is 2.64. The fraction of sp³-hybridized carbons (Fsp3) is 0.0833. The molecule has 0 aliphatic rings. The summed E-state index contributed by atoms with van der Waals surface area (Å²) >= 11 is 5.57. The van der Waals surface area contributed by atoms with E-state index in [1.165, 1.54) is 18.5 Å². The van der Waals surface area contributed by atoms with Crippen LogP contribution >= 0.6 is 11.6 Å². The Balaban J connectivity index is 2.19. The summed E-state index contributed by atoms with van der Waals surface area (Å²) in [6.45, 7) is 1.71. The predicted octanol–water partition coefficient (Wildman–Crippen LogP) is 2.83. The van der Waals surface area contributed by atoms with E-state index < -0.39 is 11.7 Å². The highest BCUT2D eigenvalue weighted by Gasteiger charge is 2.09. The first kappa shape index (κ1) is 12.4. The number of nitrogens with one attached hydrogen (secondary N) is 1. The molecule has 0 aliphatic heterocycles. The van der Waals surface area contributed by atoms with Crippen molar-refractivity contribution < 1.29 is 9.18 Å². The molecule has 18 heavy (non-hydrogen) atoms. The largest absolute Gasteiger partial charge is 0.305 e. The van der Waals surface area contributed by atoms with Crippen molar-refractivity contribution in [1.29, 1.82) is 0 Å². The minimum absolute atomic E-state index is 0.226. The van der Waals surface area contributed by atoms with E-state index in [9.17, 15) is 9.18 Å². The lowest BCUT2D eigenvalue weighted by Gasteiger charge is -2.05. The van der Waals surface area contributed by atoms with Crippen LogP contribution in [-0.4, -0.2) is 15.9 Å². The molecule has 0 aliphatic carbocycles. The number of hydrogen-bond donors (Lipinski definition) is 1. The Bertz CT molecular complexity index is 566. The molecule has 0 saturated heterocycles. The van der Waals surface area contributed by atoms with Gasteiger partial charge in [0.25, 0.3) is 5.91 Å². The maximum absolute atomic E-state index is 13.2. The maximum Gasteiger partial charge on any atom is 0.256 e. The smallest absolute Gasteiger partial charge is 0.256 e. The van der Waals surface area contributed by atoms with Crippen LogP contribution in [0.1, 0.15) is 15.9 Å². The number of nitrogens with zero attached hydrogens (tertiary/aromatic N) is 2. The van der Waals surface area contributed by atoms with Gasteiger partial charge in [0.05, 0.1) is 12.4 Å². The van der Waals surface area contributed by atoms with E-state index in [1.54, 1.807) is 13.0 Å². The number of carbonyl (C=O) groups excluding carboxylic acids is 1. The lowest BCUT2D eigenvalue weighted by Crippen LogP contribution is -2.13. The summed E-state index contributed by atoms with van der Waals surface area (Å²) in [6, 6.07) is 4.09. The van der Waals surface area contributed by atoms with Gasteiger partial charge in [-0.25, -0.2) is 14.4 Å². The van der Waals surface area contributed by atoms with E-state index in [-0.39, 0.29) is 16.5 Å². The predicted molar refractivity (Wildman–Crippen MR) is 66.1 cm³/mol. The number of hydrogen-bond acceptors (Lipinski definition) is 3. The summed E-state index contributed by atoms with van der Waals surface area (Å²) in [5.74, 6) is -0.650. The fourth-order valence-electron chi connectivity index (χ4n) is 1.43. The van der Waals surface area contributed by atoms with Gasteiger partial charge in [0.1, 0.15) is 11.0 Å². The molecule has 4 nitrogen and oxygen atoms in total. The van der Waals surface area contributed by atoms with E-state index in [1.807, 2.05) is 0 Å². The second-order valence-electron chi connectivity index (χ2n) is 3.70. The number of amides is 1. The summed E-state index contributed by atoms with van der Waals surface area (Å²) in [5, 5.41) is 2.73. The quantitative estimate of drug-likeness (QED) is 0.908. The number of anilines is 1. The SMILES string of the molecule is Cc1cc(F)cc(C(=O)Nc2cnc(Cl)cn2)c1. The van der Waals surface area contributed by atoms with Crippen LogP contribution in [0.25, 0.3) is 0 Å². The number of halogens is 2. The second kappa shape index (κ2) is 5.10. The summed E-state index contributed by atoms with van der Waals surface area (Å²) in [5.41, 5.74) is 0.895. The van der Waals surface area contributed by atoms with Crippen molar-refractivity contribution in [3.63, 3.8) is 0 Å². The normalized spacial score (nSPS) is 10.2. The van der Waals surface area contributed by atoms with E-state index >= 15 is 0 Å². The van der Waals surface area contributed by atoms with E-state index in [0.717, 1.165) is 6.07 Å². The van der Waals surface area contributed by atoms with E-state index in [4.69, 9.17) is 11.6 Å². The van der Waals surface area contributed by atoms with Gasteiger partial charge in [0.15, 0.2) is 5.82 Å². The lowest BCUT2D eigenvalue weighted by molar-refractivity contribution is 0.102. The Hall–Kier alpha value is -2.01. The molecular formula is C12H9ClFN3O. The van der Waals surface area contributed by atoms with Gasteiger partial charge >= 0.3 is 0 Å². The highest BCUT2D eigenvalue weighted by molar-refractivity contribution is 6.29. The first-order valence-corrected chi connectivity index (χ1v) is 5.48. The third-order valence-corrected chi connectivity index (χ3v) is 2.36. The number of aromatic nitrogens is 2. The molecular weight excluding hydrogens is 257 g/mol. The summed E-state index contributed by atoms with van der Waals surface area (Å²) in [4.78, 5) is 19.5. The molecule has 1 aromatic heterocycles. The summed E-state index contributed by atoms with van der Waals surface area (Å²) < 4.78 is 13.2. The highest BCUT2D eigenvalue weighted by Crippen LogP contribution is 2.11. The van der Waals surface area contributed by atoms with Crippen LogP contribution in [0.4, 0.5) is 10.2 Å². The summed E-state index contributed by atoms with van der Waals surface area (Å²) in [7, 11) is 0. The molecule has 0 unspecified atom stereocenters. The molecule has 2 rings (SSSR count). The van der Waals surface area contributed by atoms with Crippen LogP contribution in [0.5, 0.6) is 0 Å². The molecule has 0 spiro atoms. The standard InChI is InChI=1S/C12H9ClFN3O/c1-7-2-8(4-9(14)3-7)12(18)17-11-6-15-10(13)5-16-11/h2-6H,1H3,(H,16,17,18). The van der Waals surface area contributed by atoms with Gasteiger partial charge in [-0.1, -0.05) is 11.6 Å². The monoisotopic (exact) mass is 265 g/mol. The van der Waals surface area contributed by atoms with Crippen LogP contribution < -0.4 is 5.32 Å². The first-order chi connectivity index (χ1) is 8.54. The molecule has 1 aromatic carbocycles. The fourth-order valence-corrected chi connectivity index (χ4v) is 1.53. The maximum atomic E-state index is 13.2. The van der Waals surface area contributed by atoms with Gasteiger partial charge in [-0.2, -0.15) is 0 Å². The average Bonchev–Trinajstić information content (AvgIpc) is 2.31. The molecule has 0 fully saturated rings. The zero-order chi connectivity index (χ0) is 13.1. The Morgan fingerprint density at radius 2 is 2.06 bits per heavy atom. The topological polar surface area (TPSA) is 54.9 Å². The van der Waals surface area contributed by atoms with Crippen molar-refractivity contribution in [2.45, 2.75) is 6.92 Å². The molecule has 2 aromatic rings. The number of benzene rings is 1. The number of aryl methyl sites for hydroxylation is 1. The zero-order valence-corrected chi connectivity index (χ0v) is 10.2. The van der Waals surface area contributed by atoms with E-state index in [0.29, 0.717) is 5.56 Å². The third kappa shape index (κ3) is 3.01. The molecule has 1 amide bonds. The Morgan fingerprint density at radius 1 is 1.28 bits per heavy atom. The minimum atomic E-state index is -0.456. The van der Waals surface area contributed by atoms with Gasteiger partial charge in [0, 0.05) is 5.56 Å². The van der Waals surface area contributed by atoms with Crippen LogP contribution in [0.15, 0.2) is 30.6 Å². The number of rotatable bonds is 2. The molecule has 0 saturated carbocycles. The van der Waals surface area contributed by atoms with Gasteiger partial charge in [-0.05, 0) is 30.7 Å². The van der Waals surface area contributed by atoms with Crippen LogP contribution in [0.3, 0.4) is 0 Å². The molecule has 92 valence electrons. The van der Waals surface area contributed by atoms with Crippen molar-refractivity contribution in [3.8, 4) is 0 Å². The Labute approximate surface area is 108 Å². The number of carbonyl (C=O) groups is 1. The highest BCUT2D eigenvalue weighted by atomic mass is 35.5. The molecule has 6 heteroatoms. The van der Waals surface area contributed by atoms with Gasteiger partial charge < -0.3 is 5.32 Å².